The third kappa shape index (κ3) is 3.08. The number of aliphatic hydroxyl groups is 1. The van der Waals surface area contributed by atoms with E-state index in [0.717, 1.165) is 29.9 Å². The first-order chi connectivity index (χ1) is 8.81. The van der Waals surface area contributed by atoms with Crippen LogP contribution in [0.1, 0.15) is 11.3 Å². The minimum Gasteiger partial charge on any atom is -0.392 e. The number of nitrogens with zero attached hydrogens (tertiary/aromatic N) is 2. The van der Waals surface area contributed by atoms with Crippen molar-refractivity contribution in [3.8, 4) is 0 Å². The number of pyridine rings is 1. The van der Waals surface area contributed by atoms with Crippen LogP contribution in [0.25, 0.3) is 0 Å². The number of aliphatic hydroxyl groups excluding tert-OH is 1. The molecule has 3 nitrogen and oxygen atoms in total. The van der Waals surface area contributed by atoms with E-state index in [1.807, 2.05) is 55.7 Å². The van der Waals surface area contributed by atoms with Gasteiger partial charge in [0.2, 0.25) is 0 Å². The molecule has 2 rings (SSSR count). The van der Waals surface area contributed by atoms with Gasteiger partial charge in [0.1, 0.15) is 0 Å². The summed E-state index contributed by atoms with van der Waals surface area (Å²) >= 11 is 0. The first-order valence-electron chi connectivity index (χ1n) is 6.11. The highest BCUT2D eigenvalue weighted by atomic mass is 16.3. The SMILES string of the molecule is CN(CCc1ccccn1)c1ccccc1CO. The fourth-order valence-corrected chi connectivity index (χ4v) is 1.97. The maximum absolute atomic E-state index is 9.31. The van der Waals surface area contributed by atoms with E-state index >= 15 is 0 Å². The minimum atomic E-state index is 0.0735. The van der Waals surface area contributed by atoms with Crippen LogP contribution in [-0.4, -0.2) is 23.7 Å². The molecule has 0 amide bonds. The number of likely N-dealkylation sites (N-methyl/N-ethyl adjacent to an activating group) is 1. The molecule has 0 bridgehead atoms. The molecular formula is C15H18N2O. The molecule has 0 radical (unpaired) electrons. The number of aromatic nitrogens is 1. The molecule has 1 aromatic heterocycles. The number of benzene rings is 1. The van der Waals surface area contributed by atoms with Gasteiger partial charge in [-0.05, 0) is 18.2 Å². The maximum Gasteiger partial charge on any atom is 0.0702 e. The number of rotatable bonds is 5. The van der Waals surface area contributed by atoms with Gasteiger partial charge in [-0.25, -0.2) is 0 Å². The predicted octanol–water partition coefficient (Wildman–Crippen LogP) is 2.25. The summed E-state index contributed by atoms with van der Waals surface area (Å²) in [7, 11) is 2.04. The summed E-state index contributed by atoms with van der Waals surface area (Å²) < 4.78 is 0. The van der Waals surface area contributed by atoms with Gasteiger partial charge in [0.05, 0.1) is 6.61 Å². The van der Waals surface area contributed by atoms with E-state index in [1.54, 1.807) is 0 Å². The molecule has 0 atom stereocenters. The van der Waals surface area contributed by atoms with Gasteiger partial charge in [0, 0.05) is 43.2 Å². The summed E-state index contributed by atoms with van der Waals surface area (Å²) in [5.74, 6) is 0. The standard InChI is InChI=1S/C15H18N2O/c1-17(11-9-14-7-4-5-10-16-14)15-8-3-2-6-13(15)12-18/h2-8,10,18H,9,11-12H2,1H3. The second-order valence-electron chi connectivity index (χ2n) is 4.28. The lowest BCUT2D eigenvalue weighted by Crippen LogP contribution is -2.21. The fourth-order valence-electron chi connectivity index (χ4n) is 1.97. The third-order valence-corrected chi connectivity index (χ3v) is 3.00. The van der Waals surface area contributed by atoms with Gasteiger partial charge in [-0.15, -0.1) is 0 Å². The summed E-state index contributed by atoms with van der Waals surface area (Å²) in [5.41, 5.74) is 3.13. The zero-order valence-electron chi connectivity index (χ0n) is 10.6. The van der Waals surface area contributed by atoms with Gasteiger partial charge in [-0.3, -0.25) is 4.98 Å². The summed E-state index contributed by atoms with van der Waals surface area (Å²) in [6, 6.07) is 13.9. The van der Waals surface area contributed by atoms with Gasteiger partial charge in [-0.1, -0.05) is 24.3 Å². The van der Waals surface area contributed by atoms with Crippen molar-refractivity contribution in [1.82, 2.24) is 4.98 Å². The smallest absolute Gasteiger partial charge is 0.0702 e. The Hall–Kier alpha value is -1.87. The van der Waals surface area contributed by atoms with E-state index in [4.69, 9.17) is 0 Å². The van der Waals surface area contributed by atoms with Gasteiger partial charge >= 0.3 is 0 Å². The van der Waals surface area contributed by atoms with E-state index in [2.05, 4.69) is 9.88 Å². The van der Waals surface area contributed by atoms with Gasteiger partial charge < -0.3 is 10.0 Å². The lowest BCUT2D eigenvalue weighted by molar-refractivity contribution is 0.282. The summed E-state index contributed by atoms with van der Waals surface area (Å²) in [6.45, 7) is 0.956. The lowest BCUT2D eigenvalue weighted by atomic mass is 10.1. The van der Waals surface area contributed by atoms with E-state index in [1.165, 1.54) is 0 Å². The monoisotopic (exact) mass is 242 g/mol. The van der Waals surface area contributed by atoms with Crippen LogP contribution in [0.15, 0.2) is 48.7 Å². The van der Waals surface area contributed by atoms with Crippen molar-refractivity contribution in [3.05, 3.63) is 59.9 Å². The number of hydrogen-bond donors (Lipinski definition) is 1. The van der Waals surface area contributed by atoms with Crippen molar-refractivity contribution in [2.24, 2.45) is 0 Å². The molecule has 0 aliphatic heterocycles. The van der Waals surface area contributed by atoms with Crippen molar-refractivity contribution in [2.75, 3.05) is 18.5 Å². The van der Waals surface area contributed by atoms with Crippen LogP contribution in [0.5, 0.6) is 0 Å². The Bertz CT molecular complexity index is 485. The second kappa shape index (κ2) is 6.17. The molecular weight excluding hydrogens is 224 g/mol. The molecule has 1 N–H and O–H groups in total. The van der Waals surface area contributed by atoms with E-state index < -0.39 is 0 Å². The molecule has 1 aromatic carbocycles. The van der Waals surface area contributed by atoms with Crippen molar-refractivity contribution in [2.45, 2.75) is 13.0 Å². The van der Waals surface area contributed by atoms with Crippen LogP contribution < -0.4 is 4.90 Å². The van der Waals surface area contributed by atoms with Gasteiger partial charge in [0.15, 0.2) is 0 Å². The molecule has 0 spiro atoms. The molecule has 0 unspecified atom stereocenters. The Morgan fingerprint density at radius 3 is 2.61 bits per heavy atom. The van der Waals surface area contributed by atoms with E-state index in [9.17, 15) is 5.11 Å². The molecule has 0 aliphatic rings. The molecule has 18 heavy (non-hydrogen) atoms. The van der Waals surface area contributed by atoms with Crippen molar-refractivity contribution in [1.29, 1.82) is 0 Å². The predicted molar refractivity (Wildman–Crippen MR) is 73.6 cm³/mol. The van der Waals surface area contributed by atoms with Crippen molar-refractivity contribution < 1.29 is 5.11 Å². The average Bonchev–Trinajstić information content (AvgIpc) is 2.45. The van der Waals surface area contributed by atoms with E-state index in [-0.39, 0.29) is 6.61 Å². The van der Waals surface area contributed by atoms with E-state index in [0.29, 0.717) is 0 Å². The normalized spacial score (nSPS) is 10.3. The first-order valence-corrected chi connectivity index (χ1v) is 6.11. The zero-order chi connectivity index (χ0) is 12.8. The summed E-state index contributed by atoms with van der Waals surface area (Å²) in [5, 5.41) is 9.31. The van der Waals surface area contributed by atoms with Crippen LogP contribution in [0.4, 0.5) is 5.69 Å². The van der Waals surface area contributed by atoms with Crippen LogP contribution in [0, 0.1) is 0 Å². The van der Waals surface area contributed by atoms with Crippen LogP contribution in [-0.2, 0) is 13.0 Å². The van der Waals surface area contributed by atoms with Crippen LogP contribution in [0.2, 0.25) is 0 Å². The molecule has 0 fully saturated rings. The summed E-state index contributed by atoms with van der Waals surface area (Å²) in [6.07, 6.45) is 2.72. The molecule has 0 saturated carbocycles. The Morgan fingerprint density at radius 1 is 1.11 bits per heavy atom. The maximum atomic E-state index is 9.31. The highest BCUT2D eigenvalue weighted by molar-refractivity contribution is 5.52. The third-order valence-electron chi connectivity index (χ3n) is 3.00. The topological polar surface area (TPSA) is 36.4 Å². The number of anilines is 1. The first kappa shape index (κ1) is 12.6. The Balaban J connectivity index is 2.01. The lowest BCUT2D eigenvalue weighted by Gasteiger charge is -2.21. The fraction of sp³-hybridized carbons (Fsp3) is 0.267. The Morgan fingerprint density at radius 2 is 1.89 bits per heavy atom. The zero-order valence-corrected chi connectivity index (χ0v) is 10.6. The molecule has 0 saturated heterocycles. The van der Waals surface area contributed by atoms with Crippen molar-refractivity contribution in [3.63, 3.8) is 0 Å². The highest BCUT2D eigenvalue weighted by Crippen LogP contribution is 2.19. The molecule has 94 valence electrons. The molecule has 2 aromatic rings. The molecule has 3 heteroatoms. The van der Waals surface area contributed by atoms with Crippen LogP contribution >= 0.6 is 0 Å². The summed E-state index contributed by atoms with van der Waals surface area (Å²) in [4.78, 5) is 6.46. The quantitative estimate of drug-likeness (QED) is 0.873. The molecule has 0 aliphatic carbocycles. The largest absolute Gasteiger partial charge is 0.392 e. The van der Waals surface area contributed by atoms with Gasteiger partial charge in [-0.2, -0.15) is 0 Å². The molecule has 1 heterocycles. The van der Waals surface area contributed by atoms with Crippen molar-refractivity contribution >= 4 is 5.69 Å². The minimum absolute atomic E-state index is 0.0735. The second-order valence-corrected chi connectivity index (χ2v) is 4.28. The Kier molecular flexibility index (Phi) is 4.31. The number of para-hydroxylation sites is 1. The highest BCUT2D eigenvalue weighted by Gasteiger charge is 2.06. The Labute approximate surface area is 108 Å². The van der Waals surface area contributed by atoms with Gasteiger partial charge in [0.25, 0.3) is 0 Å². The van der Waals surface area contributed by atoms with Crippen LogP contribution in [0.3, 0.4) is 0 Å². The average molecular weight is 242 g/mol. The number of hydrogen-bond acceptors (Lipinski definition) is 3.